The molecule has 14 N–H and O–H groups in total. The number of hydrogen-bond acceptors (Lipinski definition) is 26. The number of nitrogens with zero attached hydrogens (tertiary/aromatic N) is 2. The van der Waals surface area contributed by atoms with E-state index in [1.165, 1.54) is 79.0 Å². The maximum absolute atomic E-state index is 14.7. The molecule has 0 radical (unpaired) electrons. The number of esters is 2. The highest BCUT2D eigenvalue weighted by molar-refractivity contribution is 7.76. The van der Waals surface area contributed by atoms with Crippen LogP contribution in [-0.4, -0.2) is 170 Å². The van der Waals surface area contributed by atoms with Gasteiger partial charge in [0.05, 0.1) is 49.3 Å². The van der Waals surface area contributed by atoms with Gasteiger partial charge in [-0.15, -0.1) is 68.0 Å². The number of carbonyl (C=O) groups excluding carboxylic acids is 8. The van der Waals surface area contributed by atoms with Crippen LogP contribution in [0.2, 0.25) is 0 Å². The number of carboxylic acid groups (broad SMARTS) is 1. The number of amides is 6. The topological polar surface area (TPSA) is 421 Å². The Bertz CT molecular complexity index is 5530. The van der Waals surface area contributed by atoms with Crippen molar-refractivity contribution in [1.29, 1.82) is 0 Å². The zero-order valence-corrected chi connectivity index (χ0v) is 66.4. The number of benzene rings is 3. The van der Waals surface area contributed by atoms with Crippen molar-refractivity contribution in [2.24, 2.45) is 27.7 Å². The van der Waals surface area contributed by atoms with E-state index < -0.39 is 118 Å². The number of thiophene rings is 6. The van der Waals surface area contributed by atoms with Crippen LogP contribution in [0.25, 0.3) is 39.1 Å². The molecule has 35 heteroatoms. The zero-order valence-electron chi connectivity index (χ0n) is 60.7. The SMILES string of the molecule is Nc1c(C(=O)NC(CNC(=O)c2cc3cc(CCC4CCNCC4)sc3s2)C(=O)O)[nH]c2cc(OC(=O)C(CNC(=O)c3cc4cc(CCC5CCNCC5)sc4s3)NC(=O)C3=Nc4ccc(OC(=O)C(CNC(=O)c5cc6cc(CCC7CCNCC7)sc6s5)NC(=O)C5=Nc6ccccc6C5O)cc4C3=S(=O)=O)ccc12. The maximum Gasteiger partial charge on any atom is 0.335 e. The highest BCUT2D eigenvalue weighted by atomic mass is 32.2. The van der Waals surface area contributed by atoms with E-state index in [0.29, 0.717) is 43.6 Å². The van der Waals surface area contributed by atoms with Crippen molar-refractivity contribution in [1.82, 2.24) is 52.8 Å². The summed E-state index contributed by atoms with van der Waals surface area (Å²) in [6.07, 6.45) is 11.4. The number of carbonyl (C=O) groups is 9. The van der Waals surface area contributed by atoms with Gasteiger partial charge in [0.2, 0.25) is 10.3 Å². The Morgan fingerprint density at radius 3 is 1.43 bits per heavy atom. The number of H-pyrrole nitrogens is 1. The van der Waals surface area contributed by atoms with Crippen molar-refractivity contribution in [2.45, 2.75) is 101 Å². The molecule has 0 spiro atoms. The van der Waals surface area contributed by atoms with Gasteiger partial charge in [0.1, 0.15) is 52.0 Å². The van der Waals surface area contributed by atoms with Crippen LogP contribution in [0.4, 0.5) is 17.1 Å². The number of aromatic amines is 1. The molecule has 10 aromatic rings. The molecule has 7 aromatic heterocycles. The van der Waals surface area contributed by atoms with E-state index in [4.69, 9.17) is 15.2 Å². The fourth-order valence-corrected chi connectivity index (χ4v) is 22.6. The number of nitrogens with two attached hydrogens (primary N) is 1. The van der Waals surface area contributed by atoms with Gasteiger partial charge in [-0.2, -0.15) is 8.42 Å². The minimum atomic E-state index is -3.27. The van der Waals surface area contributed by atoms with Crippen LogP contribution in [0.15, 0.2) is 107 Å². The van der Waals surface area contributed by atoms with Gasteiger partial charge < -0.3 is 78.3 Å². The molecule has 28 nitrogen and oxygen atoms in total. The maximum atomic E-state index is 14.7. The van der Waals surface area contributed by atoms with Crippen LogP contribution in [0.5, 0.6) is 11.5 Å². The van der Waals surface area contributed by atoms with Gasteiger partial charge in [-0.3, -0.25) is 28.8 Å². The Morgan fingerprint density at radius 2 is 0.965 bits per heavy atom. The molecule has 3 saturated heterocycles. The second-order valence-electron chi connectivity index (χ2n) is 28.6. The highest BCUT2D eigenvalue weighted by Gasteiger charge is 2.37. The summed E-state index contributed by atoms with van der Waals surface area (Å²) in [4.78, 5) is 141. The molecule has 3 aromatic carbocycles. The molecular weight excluding hydrogens is 1580 g/mol. The Balaban J connectivity index is 0.622. The third kappa shape index (κ3) is 18.2. The standard InChI is InChI=1S/C78H79N13O15S7/c79-61-49-13-8-45(34-54(49)88-62(61)70(96)89-55(73(99)100)35-83-67(93)58-30-41-27-46(107-76(41)110-58)10-5-38-15-21-80-22-16-38)106-75(102)57(37-85-69(95)60-32-43-29-48(109-78(43)112-60)12-7-40-19-25-82-26-20-40)91-72(98)64-66(113(103)104)51-33-44(9-14-53(51)87-64)105-74(101)56(90-71(97)63-65(92)50-3-1-2-4-52(50)86-63)36-84-68(94)59-31-42-28-47(108-77(42)111-59)11-6-39-17-23-81-24-18-39/h1-4,8-9,13-14,27-34,38-40,55-57,65,80-82,88,92H,5-7,10-12,15-26,35-37,79H2,(H,83,93)(H,84,94)(H,85,95)(H,89,96)(H,90,97)(H,91,98)(H,99,100). The quantitative estimate of drug-likeness (QED) is 0.0118. The summed E-state index contributed by atoms with van der Waals surface area (Å²) < 4.78 is 41.3. The van der Waals surface area contributed by atoms with Crippen LogP contribution in [0.3, 0.4) is 0 Å². The summed E-state index contributed by atoms with van der Waals surface area (Å²) >= 11 is 8.70. The lowest BCUT2D eigenvalue weighted by atomic mass is 9.93. The average molecular weight is 1660 g/mol. The van der Waals surface area contributed by atoms with Crippen LogP contribution in [0, 0.1) is 17.8 Å². The predicted octanol–water partition coefficient (Wildman–Crippen LogP) is 8.63. The number of nitrogen functional groups attached to an aromatic ring is 1. The number of para-hydroxylation sites is 1. The fraction of sp³-hybridized carbons (Fsp3) is 0.359. The molecule has 113 heavy (non-hydrogen) atoms. The Morgan fingerprint density at radius 1 is 0.513 bits per heavy atom. The normalized spacial score (nSPS) is 16.8. The number of aromatic nitrogens is 1. The van der Waals surface area contributed by atoms with Gasteiger partial charge in [-0.25, -0.2) is 24.4 Å². The monoisotopic (exact) mass is 1660 g/mol. The number of fused-ring (bicyclic) bond motifs is 6. The Kier molecular flexibility index (Phi) is 24.1. The van der Waals surface area contributed by atoms with E-state index in [1.807, 2.05) is 0 Å². The first kappa shape index (κ1) is 78.4. The summed E-state index contributed by atoms with van der Waals surface area (Å²) in [5, 5.41) is 50.1. The van der Waals surface area contributed by atoms with Gasteiger partial charge in [0.25, 0.3) is 35.4 Å². The largest absolute Gasteiger partial charge is 0.480 e. The van der Waals surface area contributed by atoms with Crippen molar-refractivity contribution in [3.05, 3.63) is 143 Å². The summed E-state index contributed by atoms with van der Waals surface area (Å²) in [6.45, 7) is 4.46. The van der Waals surface area contributed by atoms with Crippen molar-refractivity contribution >= 4 is 204 Å². The number of aliphatic carboxylic acids is 1. The van der Waals surface area contributed by atoms with Crippen molar-refractivity contribution < 1.29 is 71.3 Å². The number of aryl methyl sites for hydroxylation is 3. The highest BCUT2D eigenvalue weighted by Crippen LogP contribution is 2.40. The predicted molar refractivity (Wildman–Crippen MR) is 440 cm³/mol. The first-order valence-corrected chi connectivity index (χ1v) is 43.2. The molecule has 15 rings (SSSR count). The number of aliphatic hydroxyl groups excluding tert-OH is 1. The second kappa shape index (κ2) is 34.8. The van der Waals surface area contributed by atoms with Gasteiger partial charge in [-0.1, -0.05) is 18.2 Å². The molecule has 5 aliphatic rings. The van der Waals surface area contributed by atoms with Crippen molar-refractivity contribution in [3.8, 4) is 11.5 Å². The first-order chi connectivity index (χ1) is 54.7. The number of hydrogen-bond donors (Lipinski definition) is 13. The lowest BCUT2D eigenvalue weighted by Gasteiger charge is -2.22. The third-order valence-electron chi connectivity index (χ3n) is 20.9. The molecule has 4 atom stereocenters. The molecule has 588 valence electrons. The summed E-state index contributed by atoms with van der Waals surface area (Å²) in [6, 6.07) is 20.7. The summed E-state index contributed by atoms with van der Waals surface area (Å²) in [5.74, 6) is -7.03. The van der Waals surface area contributed by atoms with Crippen LogP contribution in [-0.2, 0) is 53.5 Å². The molecule has 3 fully saturated rings. The zero-order chi connectivity index (χ0) is 78.6. The van der Waals surface area contributed by atoms with E-state index in [2.05, 4.69) is 81.0 Å². The van der Waals surface area contributed by atoms with E-state index in [1.54, 1.807) is 76.5 Å². The Labute approximate surface area is 671 Å². The number of aliphatic hydroxyl groups is 1. The summed E-state index contributed by atoms with van der Waals surface area (Å²) in [7, 11) is -3.27. The van der Waals surface area contributed by atoms with Crippen LogP contribution in [0.1, 0.15) is 129 Å². The van der Waals surface area contributed by atoms with Crippen LogP contribution >= 0.6 is 68.0 Å². The summed E-state index contributed by atoms with van der Waals surface area (Å²) in [5.41, 5.74) is 5.62. The van der Waals surface area contributed by atoms with Gasteiger partial charge in [-0.05, 0) is 207 Å². The minimum absolute atomic E-state index is 0.0827. The average Bonchev–Trinajstić information content (AvgIpc) is 1.63. The van der Waals surface area contributed by atoms with Crippen LogP contribution < -0.4 is 63.1 Å². The van der Waals surface area contributed by atoms with E-state index >= 15 is 0 Å². The number of rotatable bonds is 29. The van der Waals surface area contributed by atoms with Gasteiger partial charge in [0.15, 0.2) is 5.71 Å². The molecule has 5 aliphatic heterocycles. The second-order valence-corrected chi connectivity index (χ2v) is 36.8. The molecule has 6 amide bonds. The molecule has 0 bridgehead atoms. The number of piperidine rings is 3. The molecular formula is C78H79N13O15S7. The number of ether oxygens (including phenoxy) is 2. The van der Waals surface area contributed by atoms with Gasteiger partial charge >= 0.3 is 17.9 Å². The van der Waals surface area contributed by atoms with E-state index in [-0.39, 0.29) is 50.7 Å². The number of anilines is 1. The van der Waals surface area contributed by atoms with Crippen molar-refractivity contribution in [2.75, 3.05) is 64.6 Å². The van der Waals surface area contributed by atoms with E-state index in [0.717, 1.165) is 151 Å². The number of aliphatic imine (C=N–C) groups is 2. The van der Waals surface area contributed by atoms with Gasteiger partial charge in [0, 0.05) is 73.0 Å². The molecule has 12 heterocycles. The molecule has 0 aliphatic carbocycles. The third-order valence-corrected chi connectivity index (χ3v) is 29.0. The molecule has 4 unspecified atom stereocenters. The fourth-order valence-electron chi connectivity index (χ4n) is 14.7. The lowest BCUT2D eigenvalue weighted by Crippen LogP contribution is -2.52. The first-order valence-electron chi connectivity index (χ1n) is 37.3. The number of carboxylic acids is 1. The smallest absolute Gasteiger partial charge is 0.335 e. The lowest BCUT2D eigenvalue weighted by molar-refractivity contribution is -0.139. The molecule has 0 saturated carbocycles. The van der Waals surface area contributed by atoms with Crippen molar-refractivity contribution in [3.63, 3.8) is 0 Å². The number of nitrogens with one attached hydrogen (secondary N) is 10. The van der Waals surface area contributed by atoms with E-state index in [9.17, 15) is 61.8 Å². The minimum Gasteiger partial charge on any atom is -0.480 e. The Hall–Kier alpha value is -9.92.